The maximum absolute atomic E-state index is 13.0. The van der Waals surface area contributed by atoms with Gasteiger partial charge >= 0.3 is 0 Å². The van der Waals surface area contributed by atoms with E-state index in [0.717, 1.165) is 5.56 Å². The number of aromatic nitrogens is 2. The summed E-state index contributed by atoms with van der Waals surface area (Å²) in [7, 11) is 3.01. The molecule has 40 heavy (non-hydrogen) atoms. The molecule has 0 saturated carbocycles. The standard InChI is InChI=1S/C29H28N6O5/c1-17-8-9-22(33-27(37)19-10-24(39-3)14-25(11-19)40-4)13-26(17)28(38)34-23-15-30-29(31-16-23)35-21-7-5-6-20(12-21)32-18(2)36/h5-16H,1-4H3,(H,32,36)(H,33,37)(H,34,38)(H,30,31,35). The predicted molar refractivity (Wildman–Crippen MR) is 153 cm³/mol. The molecule has 4 aromatic rings. The molecule has 0 unspecified atom stereocenters. The average Bonchev–Trinajstić information content (AvgIpc) is 2.94. The number of nitrogens with zero attached hydrogens (tertiary/aromatic N) is 2. The fraction of sp³-hybridized carbons (Fsp3) is 0.138. The zero-order valence-corrected chi connectivity index (χ0v) is 22.4. The molecule has 3 aromatic carbocycles. The first kappa shape index (κ1) is 27.6. The van der Waals surface area contributed by atoms with E-state index in [4.69, 9.17) is 9.47 Å². The van der Waals surface area contributed by atoms with E-state index in [1.807, 2.05) is 6.07 Å². The third-order valence-electron chi connectivity index (χ3n) is 5.70. The van der Waals surface area contributed by atoms with Crippen LogP contribution in [0.4, 0.5) is 28.7 Å². The topological polar surface area (TPSA) is 144 Å². The smallest absolute Gasteiger partial charge is 0.256 e. The Balaban J connectivity index is 1.43. The maximum Gasteiger partial charge on any atom is 0.256 e. The number of methoxy groups -OCH3 is 2. The molecule has 4 rings (SSSR count). The van der Waals surface area contributed by atoms with Crippen molar-refractivity contribution in [3.63, 3.8) is 0 Å². The number of aryl methyl sites for hydroxylation is 1. The molecular weight excluding hydrogens is 512 g/mol. The van der Waals surface area contributed by atoms with Gasteiger partial charge in [0, 0.05) is 41.2 Å². The molecule has 0 atom stereocenters. The maximum atomic E-state index is 13.0. The van der Waals surface area contributed by atoms with Crippen LogP contribution in [-0.2, 0) is 4.79 Å². The van der Waals surface area contributed by atoms with Crippen LogP contribution in [-0.4, -0.2) is 41.9 Å². The summed E-state index contributed by atoms with van der Waals surface area (Å²) in [5.41, 5.74) is 3.59. The molecule has 0 saturated heterocycles. The second kappa shape index (κ2) is 12.4. The zero-order chi connectivity index (χ0) is 28.6. The molecule has 0 spiro atoms. The lowest BCUT2D eigenvalue weighted by molar-refractivity contribution is -0.114. The van der Waals surface area contributed by atoms with Gasteiger partial charge in [-0.05, 0) is 55.0 Å². The largest absolute Gasteiger partial charge is 0.497 e. The van der Waals surface area contributed by atoms with Crippen molar-refractivity contribution in [2.24, 2.45) is 0 Å². The summed E-state index contributed by atoms with van der Waals surface area (Å²) >= 11 is 0. The predicted octanol–water partition coefficient (Wildman–Crippen LogP) is 5.01. The molecule has 0 fully saturated rings. The van der Waals surface area contributed by atoms with E-state index in [1.165, 1.54) is 33.5 Å². The Hall–Kier alpha value is -5.45. The fourth-order valence-electron chi connectivity index (χ4n) is 3.75. The Morgan fingerprint density at radius 3 is 1.98 bits per heavy atom. The van der Waals surface area contributed by atoms with E-state index in [0.29, 0.717) is 51.3 Å². The number of rotatable bonds is 9. The van der Waals surface area contributed by atoms with Crippen LogP contribution in [0.15, 0.2) is 73.1 Å². The van der Waals surface area contributed by atoms with Gasteiger partial charge in [0.25, 0.3) is 11.8 Å². The lowest BCUT2D eigenvalue weighted by atomic mass is 10.1. The van der Waals surface area contributed by atoms with Gasteiger partial charge in [-0.25, -0.2) is 9.97 Å². The highest BCUT2D eigenvalue weighted by atomic mass is 16.5. The van der Waals surface area contributed by atoms with Crippen LogP contribution in [0, 0.1) is 6.92 Å². The van der Waals surface area contributed by atoms with E-state index in [2.05, 4.69) is 31.2 Å². The first-order chi connectivity index (χ1) is 19.2. The molecular formula is C29H28N6O5. The van der Waals surface area contributed by atoms with Crippen LogP contribution in [0.5, 0.6) is 11.5 Å². The fourth-order valence-corrected chi connectivity index (χ4v) is 3.75. The minimum absolute atomic E-state index is 0.172. The molecule has 11 nitrogen and oxygen atoms in total. The number of amides is 3. The van der Waals surface area contributed by atoms with Crippen molar-refractivity contribution >= 4 is 46.4 Å². The third-order valence-corrected chi connectivity index (χ3v) is 5.70. The Morgan fingerprint density at radius 1 is 0.700 bits per heavy atom. The number of nitrogens with one attached hydrogen (secondary N) is 4. The Morgan fingerprint density at radius 2 is 1.32 bits per heavy atom. The lowest BCUT2D eigenvalue weighted by Gasteiger charge is -2.12. The number of carbonyl (C=O) groups excluding carboxylic acids is 3. The van der Waals surface area contributed by atoms with Crippen LogP contribution in [0.1, 0.15) is 33.2 Å². The average molecular weight is 541 g/mol. The van der Waals surface area contributed by atoms with Gasteiger partial charge in [-0.15, -0.1) is 0 Å². The summed E-state index contributed by atoms with van der Waals surface area (Å²) < 4.78 is 10.5. The molecule has 0 radical (unpaired) electrons. The second-order valence-electron chi connectivity index (χ2n) is 8.72. The van der Waals surface area contributed by atoms with Gasteiger partial charge in [-0.3, -0.25) is 14.4 Å². The van der Waals surface area contributed by atoms with Gasteiger partial charge in [0.2, 0.25) is 11.9 Å². The second-order valence-corrected chi connectivity index (χ2v) is 8.72. The monoisotopic (exact) mass is 540 g/mol. The highest BCUT2D eigenvalue weighted by Gasteiger charge is 2.14. The summed E-state index contributed by atoms with van der Waals surface area (Å²) in [6, 6.07) is 17.0. The first-order valence-corrected chi connectivity index (χ1v) is 12.2. The van der Waals surface area contributed by atoms with E-state index in [-0.39, 0.29) is 17.7 Å². The summed E-state index contributed by atoms with van der Waals surface area (Å²) in [6.07, 6.45) is 2.95. The number of benzene rings is 3. The molecule has 0 aliphatic carbocycles. The van der Waals surface area contributed by atoms with Gasteiger partial charge in [0.15, 0.2) is 0 Å². The zero-order valence-electron chi connectivity index (χ0n) is 22.4. The molecule has 11 heteroatoms. The highest BCUT2D eigenvalue weighted by molar-refractivity contribution is 6.08. The van der Waals surface area contributed by atoms with Gasteiger partial charge in [-0.2, -0.15) is 0 Å². The minimum atomic E-state index is -0.385. The molecule has 1 aromatic heterocycles. The summed E-state index contributed by atoms with van der Waals surface area (Å²) in [5.74, 6) is 0.337. The summed E-state index contributed by atoms with van der Waals surface area (Å²) in [6.45, 7) is 3.23. The van der Waals surface area contributed by atoms with Crippen LogP contribution < -0.4 is 30.7 Å². The van der Waals surface area contributed by atoms with E-state index < -0.39 is 0 Å². The molecule has 204 valence electrons. The summed E-state index contributed by atoms with van der Waals surface area (Å²) in [4.78, 5) is 45.7. The minimum Gasteiger partial charge on any atom is -0.497 e. The molecule has 0 aliphatic rings. The number of hydrogen-bond donors (Lipinski definition) is 4. The number of ether oxygens (including phenoxy) is 2. The van der Waals surface area contributed by atoms with Crippen molar-refractivity contribution in [3.05, 3.63) is 89.7 Å². The van der Waals surface area contributed by atoms with E-state index >= 15 is 0 Å². The number of hydrogen-bond acceptors (Lipinski definition) is 8. The van der Waals surface area contributed by atoms with E-state index in [9.17, 15) is 14.4 Å². The Kier molecular flexibility index (Phi) is 8.55. The first-order valence-electron chi connectivity index (χ1n) is 12.2. The van der Waals surface area contributed by atoms with Crippen molar-refractivity contribution in [2.45, 2.75) is 13.8 Å². The lowest BCUT2D eigenvalue weighted by Crippen LogP contribution is -2.16. The van der Waals surface area contributed by atoms with Crippen LogP contribution in [0.25, 0.3) is 0 Å². The van der Waals surface area contributed by atoms with Crippen molar-refractivity contribution in [2.75, 3.05) is 35.5 Å². The quantitative estimate of drug-likeness (QED) is 0.232. The Bertz CT molecular complexity index is 1530. The van der Waals surface area contributed by atoms with Crippen LogP contribution in [0.3, 0.4) is 0 Å². The van der Waals surface area contributed by atoms with Gasteiger partial charge in [-0.1, -0.05) is 12.1 Å². The number of anilines is 5. The number of carbonyl (C=O) groups is 3. The highest BCUT2D eigenvalue weighted by Crippen LogP contribution is 2.24. The van der Waals surface area contributed by atoms with Gasteiger partial charge < -0.3 is 30.7 Å². The van der Waals surface area contributed by atoms with Crippen molar-refractivity contribution < 1.29 is 23.9 Å². The van der Waals surface area contributed by atoms with Crippen LogP contribution >= 0.6 is 0 Å². The van der Waals surface area contributed by atoms with Gasteiger partial charge in [0.1, 0.15) is 11.5 Å². The van der Waals surface area contributed by atoms with E-state index in [1.54, 1.807) is 61.5 Å². The molecule has 0 aliphatic heterocycles. The SMILES string of the molecule is COc1cc(OC)cc(C(=O)Nc2ccc(C)c(C(=O)Nc3cnc(Nc4cccc(NC(C)=O)c4)nc3)c2)c1. The molecule has 0 bridgehead atoms. The third kappa shape index (κ3) is 7.10. The van der Waals surface area contributed by atoms with Crippen molar-refractivity contribution in [1.29, 1.82) is 0 Å². The van der Waals surface area contributed by atoms with Crippen molar-refractivity contribution in [1.82, 2.24) is 9.97 Å². The molecule has 4 N–H and O–H groups in total. The Labute approximate surface area is 231 Å². The molecule has 1 heterocycles. The molecule has 3 amide bonds. The van der Waals surface area contributed by atoms with Gasteiger partial charge in [0.05, 0.1) is 32.3 Å². The van der Waals surface area contributed by atoms with Crippen molar-refractivity contribution in [3.8, 4) is 11.5 Å². The van der Waals surface area contributed by atoms with Crippen LogP contribution in [0.2, 0.25) is 0 Å². The normalized spacial score (nSPS) is 10.3. The summed E-state index contributed by atoms with van der Waals surface area (Å²) in [5, 5.41) is 11.3.